The Balaban J connectivity index is 2.04. The minimum absolute atomic E-state index is 0.233. The van der Waals surface area contributed by atoms with Crippen molar-refractivity contribution in [3.8, 4) is 0 Å². The molecule has 8 bridgehead atoms. The van der Waals surface area contributed by atoms with Gasteiger partial charge in [-0.2, -0.15) is 0 Å². The van der Waals surface area contributed by atoms with Crippen LogP contribution in [-0.2, 0) is 32.2 Å². The van der Waals surface area contributed by atoms with Crippen LogP contribution in [0.25, 0.3) is 23.4 Å². The largest absolute Gasteiger partial charge is 0.396 e. The smallest absolute Gasteiger partial charge is 0.0783 e. The SMILES string of the molecule is CCC1=C2N=C(C(N)=c3c(CC)c(CC)c(n3CC)=Cc3ccc([nH]3)C=c3[nH]c(c(CC)c3CC)=C2CC)C1CC. The molecule has 3 aromatic rings. The van der Waals surface area contributed by atoms with Crippen molar-refractivity contribution >= 4 is 29.1 Å². The molecule has 1 unspecified atom stereocenters. The molecule has 5 rings (SSSR count). The molecule has 0 aromatic carbocycles. The van der Waals surface area contributed by atoms with Crippen LogP contribution in [0.15, 0.2) is 28.4 Å². The summed E-state index contributed by atoms with van der Waals surface area (Å²) in [6.07, 6.45) is 11.4. The fourth-order valence-corrected chi connectivity index (χ4v) is 7.54. The standard InChI is InChI=1S/C36H49N5/c1-9-23-25(11-3)33-29(15-7)34-26(12-4)27(13-5)35(40-34)32(37)36-28(14-6)24(10-2)31(41(36)16-8)20-22-18-17-21(38-22)19-30(23)39-33/h17-20,27,38-39H,9-16,37H2,1-8H3. The number of aromatic nitrogens is 3. The zero-order chi connectivity index (χ0) is 29.4. The van der Waals surface area contributed by atoms with Crippen LogP contribution in [0, 0.1) is 5.92 Å². The number of hydrogen-bond acceptors (Lipinski definition) is 2. The average Bonchev–Trinajstić information content (AvgIpc) is 3.74. The number of nitrogens with zero attached hydrogens (tertiary/aromatic N) is 2. The maximum absolute atomic E-state index is 7.30. The zero-order valence-corrected chi connectivity index (χ0v) is 26.5. The summed E-state index contributed by atoms with van der Waals surface area (Å²) < 4.78 is 2.44. The molecule has 0 aliphatic carbocycles. The van der Waals surface area contributed by atoms with Gasteiger partial charge in [-0.3, -0.25) is 4.99 Å². The molecule has 0 fully saturated rings. The normalized spacial score (nSPS) is 16.8. The van der Waals surface area contributed by atoms with Crippen LogP contribution in [0.5, 0.6) is 0 Å². The predicted octanol–water partition coefficient (Wildman–Crippen LogP) is 4.86. The van der Waals surface area contributed by atoms with Crippen molar-refractivity contribution in [1.29, 1.82) is 0 Å². The Bertz CT molecular complexity index is 1780. The number of fused-ring (bicyclic) bond motifs is 7. The van der Waals surface area contributed by atoms with E-state index < -0.39 is 0 Å². The predicted molar refractivity (Wildman–Crippen MR) is 175 cm³/mol. The number of aliphatic imine (C=N–C) groups is 1. The first kappa shape index (κ1) is 29.0. The van der Waals surface area contributed by atoms with E-state index in [-0.39, 0.29) is 5.92 Å². The minimum Gasteiger partial charge on any atom is -0.396 e. The second-order valence-electron chi connectivity index (χ2n) is 11.3. The lowest BCUT2D eigenvalue weighted by atomic mass is 9.87. The van der Waals surface area contributed by atoms with Crippen molar-refractivity contribution < 1.29 is 0 Å². The van der Waals surface area contributed by atoms with Crippen LogP contribution in [0.3, 0.4) is 0 Å². The van der Waals surface area contributed by atoms with E-state index in [2.05, 4.69) is 94.2 Å². The van der Waals surface area contributed by atoms with Gasteiger partial charge in [-0.05, 0) is 104 Å². The number of rotatable bonds is 8. The Morgan fingerprint density at radius 2 is 1.41 bits per heavy atom. The van der Waals surface area contributed by atoms with Crippen LogP contribution in [0.4, 0.5) is 0 Å². The summed E-state index contributed by atoms with van der Waals surface area (Å²) >= 11 is 0. The maximum Gasteiger partial charge on any atom is 0.0783 e. The van der Waals surface area contributed by atoms with Crippen LogP contribution < -0.4 is 27.1 Å². The Morgan fingerprint density at radius 3 is 1.98 bits per heavy atom. The third-order valence-electron chi connectivity index (χ3n) is 9.37. The van der Waals surface area contributed by atoms with Gasteiger partial charge in [0, 0.05) is 45.5 Å². The van der Waals surface area contributed by atoms with E-state index >= 15 is 0 Å². The molecule has 5 nitrogen and oxygen atoms in total. The van der Waals surface area contributed by atoms with Gasteiger partial charge in [0.25, 0.3) is 0 Å². The van der Waals surface area contributed by atoms with E-state index in [1.807, 2.05) is 0 Å². The molecule has 3 aromatic heterocycles. The van der Waals surface area contributed by atoms with Crippen molar-refractivity contribution in [2.24, 2.45) is 16.6 Å². The van der Waals surface area contributed by atoms with Gasteiger partial charge in [-0.15, -0.1) is 0 Å². The van der Waals surface area contributed by atoms with Crippen LogP contribution >= 0.6 is 0 Å². The number of hydrogen-bond donors (Lipinski definition) is 3. The minimum atomic E-state index is 0.233. The molecule has 0 radical (unpaired) electrons. The van der Waals surface area contributed by atoms with Gasteiger partial charge >= 0.3 is 0 Å². The lowest BCUT2D eigenvalue weighted by Crippen LogP contribution is -2.35. The molecular formula is C36H49N5. The highest BCUT2D eigenvalue weighted by molar-refractivity contribution is 6.21. The molecule has 218 valence electrons. The molecule has 5 heterocycles. The molecule has 5 heteroatoms. The summed E-state index contributed by atoms with van der Waals surface area (Å²) in [5.74, 6) is 0.233. The number of allylic oxidation sites excluding steroid dienone is 2. The molecule has 2 aliphatic rings. The topological polar surface area (TPSA) is 74.9 Å². The van der Waals surface area contributed by atoms with Gasteiger partial charge in [-0.25, -0.2) is 0 Å². The van der Waals surface area contributed by atoms with Gasteiger partial charge in [0.15, 0.2) is 0 Å². The highest BCUT2D eigenvalue weighted by Gasteiger charge is 2.32. The molecule has 0 saturated carbocycles. The van der Waals surface area contributed by atoms with Gasteiger partial charge < -0.3 is 20.3 Å². The molecule has 0 saturated heterocycles. The number of nitrogens with two attached hydrogens (primary N) is 1. The Morgan fingerprint density at radius 1 is 0.756 bits per heavy atom. The van der Waals surface area contributed by atoms with E-state index in [1.54, 1.807) is 0 Å². The fourth-order valence-electron chi connectivity index (χ4n) is 7.54. The monoisotopic (exact) mass is 551 g/mol. The molecular weight excluding hydrogens is 502 g/mol. The van der Waals surface area contributed by atoms with Crippen LogP contribution in [0.2, 0.25) is 0 Å². The first-order chi connectivity index (χ1) is 19.9. The van der Waals surface area contributed by atoms with Crippen molar-refractivity contribution in [2.45, 2.75) is 107 Å². The number of H-pyrrole nitrogens is 2. The van der Waals surface area contributed by atoms with E-state index in [1.165, 1.54) is 54.8 Å². The Labute approximate surface area is 245 Å². The van der Waals surface area contributed by atoms with Gasteiger partial charge in [0.1, 0.15) is 0 Å². The summed E-state index contributed by atoms with van der Waals surface area (Å²) in [4.78, 5) is 13.1. The Kier molecular flexibility index (Phi) is 8.35. The summed E-state index contributed by atoms with van der Waals surface area (Å²) in [5.41, 5.74) is 20.9. The van der Waals surface area contributed by atoms with E-state index in [4.69, 9.17) is 10.7 Å². The summed E-state index contributed by atoms with van der Waals surface area (Å²) in [7, 11) is 0. The third kappa shape index (κ3) is 4.58. The van der Waals surface area contributed by atoms with Crippen molar-refractivity contribution in [1.82, 2.24) is 14.5 Å². The average molecular weight is 552 g/mol. The number of aromatic amines is 2. The molecule has 2 aliphatic heterocycles. The fraction of sp³-hybridized carbons (Fsp3) is 0.472. The van der Waals surface area contributed by atoms with E-state index in [0.717, 1.165) is 80.0 Å². The summed E-state index contributed by atoms with van der Waals surface area (Å²) in [5, 5.41) is 4.88. The van der Waals surface area contributed by atoms with Gasteiger partial charge in [-0.1, -0.05) is 48.5 Å². The second kappa shape index (κ2) is 11.8. The van der Waals surface area contributed by atoms with E-state index in [0.29, 0.717) is 0 Å². The maximum atomic E-state index is 7.30. The summed E-state index contributed by atoms with van der Waals surface area (Å²) in [6.45, 7) is 19.0. The lowest BCUT2D eigenvalue weighted by Gasteiger charge is -2.16. The number of nitrogens with one attached hydrogen (secondary N) is 2. The summed E-state index contributed by atoms with van der Waals surface area (Å²) in [6, 6.07) is 4.40. The zero-order valence-electron chi connectivity index (χ0n) is 26.5. The molecule has 1 atom stereocenters. The van der Waals surface area contributed by atoms with Crippen molar-refractivity contribution in [3.05, 3.63) is 78.4 Å². The molecule has 0 amide bonds. The highest BCUT2D eigenvalue weighted by Crippen LogP contribution is 2.37. The molecule has 0 spiro atoms. The second-order valence-corrected chi connectivity index (χ2v) is 11.3. The highest BCUT2D eigenvalue weighted by atomic mass is 15.0. The van der Waals surface area contributed by atoms with Gasteiger partial charge in [0.05, 0.1) is 22.5 Å². The Hall–Kier alpha value is -3.47. The third-order valence-corrected chi connectivity index (χ3v) is 9.37. The van der Waals surface area contributed by atoms with Crippen molar-refractivity contribution in [3.63, 3.8) is 0 Å². The van der Waals surface area contributed by atoms with E-state index in [9.17, 15) is 0 Å². The first-order valence-electron chi connectivity index (χ1n) is 16.1. The van der Waals surface area contributed by atoms with Crippen LogP contribution in [0.1, 0.15) is 108 Å². The molecule has 4 N–H and O–H groups in total. The first-order valence-corrected chi connectivity index (χ1v) is 16.1. The molecule has 41 heavy (non-hydrogen) atoms. The lowest BCUT2D eigenvalue weighted by molar-refractivity contribution is 0.712. The van der Waals surface area contributed by atoms with Crippen LogP contribution in [-0.4, -0.2) is 20.2 Å². The quantitative estimate of drug-likeness (QED) is 0.368. The van der Waals surface area contributed by atoms with Gasteiger partial charge in [0.2, 0.25) is 0 Å². The van der Waals surface area contributed by atoms with Crippen molar-refractivity contribution in [2.75, 3.05) is 0 Å².